The van der Waals surface area contributed by atoms with Crippen molar-refractivity contribution < 1.29 is 19.1 Å². The highest BCUT2D eigenvalue weighted by Gasteiger charge is 2.41. The predicted octanol–water partition coefficient (Wildman–Crippen LogP) is 6.24. The molecule has 8 nitrogen and oxygen atoms in total. The highest BCUT2D eigenvalue weighted by atomic mass is 16.6. The molecule has 240 valence electrons. The van der Waals surface area contributed by atoms with E-state index in [0.29, 0.717) is 25.5 Å². The Kier molecular flexibility index (Phi) is 10.1. The monoisotopic (exact) mass is 613 g/mol. The topological polar surface area (TPSA) is 89.9 Å². The number of carbonyl (C=O) groups excluding carboxylic acids is 2. The molecule has 8 heteroatoms. The zero-order chi connectivity index (χ0) is 32.1. The maximum absolute atomic E-state index is 14.4. The summed E-state index contributed by atoms with van der Waals surface area (Å²) in [5.74, 6) is -0.479. The predicted molar refractivity (Wildman–Crippen MR) is 176 cm³/mol. The van der Waals surface area contributed by atoms with Gasteiger partial charge in [-0.25, -0.2) is 4.79 Å². The summed E-state index contributed by atoms with van der Waals surface area (Å²) in [4.78, 5) is 41.7. The molecule has 1 saturated carbocycles. The van der Waals surface area contributed by atoms with Crippen LogP contribution in [0, 0.1) is 11.8 Å². The van der Waals surface area contributed by atoms with Crippen LogP contribution in [0.3, 0.4) is 0 Å². The molecule has 0 radical (unpaired) electrons. The average Bonchev–Trinajstić information content (AvgIpc) is 3.86. The number of benzene rings is 2. The summed E-state index contributed by atoms with van der Waals surface area (Å²) in [7, 11) is 3.44. The van der Waals surface area contributed by atoms with E-state index in [4.69, 9.17) is 9.47 Å². The summed E-state index contributed by atoms with van der Waals surface area (Å²) in [5, 5.41) is 3.45. The van der Waals surface area contributed by atoms with Crippen LogP contribution in [-0.4, -0.2) is 53.9 Å². The molecule has 2 fully saturated rings. The van der Waals surface area contributed by atoms with Crippen molar-refractivity contribution in [3.8, 4) is 11.1 Å². The maximum atomic E-state index is 14.4. The van der Waals surface area contributed by atoms with Crippen molar-refractivity contribution in [1.82, 2.24) is 14.8 Å². The summed E-state index contributed by atoms with van der Waals surface area (Å²) < 4.78 is 12.5. The van der Waals surface area contributed by atoms with Crippen LogP contribution in [0.1, 0.15) is 75.1 Å². The summed E-state index contributed by atoms with van der Waals surface area (Å²) in [5.41, 5.74) is 4.66. The molecule has 5 rings (SSSR count). The Hall–Kier alpha value is -3.91. The van der Waals surface area contributed by atoms with Gasteiger partial charge in [-0.1, -0.05) is 42.5 Å². The number of ether oxygens (including phenoxy) is 2. The van der Waals surface area contributed by atoms with Crippen molar-refractivity contribution in [3.05, 3.63) is 93.9 Å². The quantitative estimate of drug-likeness (QED) is 0.274. The Balaban J connectivity index is 1.46. The van der Waals surface area contributed by atoms with Gasteiger partial charge in [0, 0.05) is 46.1 Å². The van der Waals surface area contributed by atoms with E-state index in [-0.39, 0.29) is 30.0 Å². The van der Waals surface area contributed by atoms with Gasteiger partial charge < -0.3 is 24.3 Å². The largest absolute Gasteiger partial charge is 0.444 e. The van der Waals surface area contributed by atoms with Crippen LogP contribution in [0.15, 0.2) is 71.7 Å². The van der Waals surface area contributed by atoms with Crippen LogP contribution in [-0.2, 0) is 27.7 Å². The van der Waals surface area contributed by atoms with Gasteiger partial charge in [0.1, 0.15) is 5.60 Å². The molecule has 1 aliphatic heterocycles. The number of methoxy groups -OCH3 is 1. The van der Waals surface area contributed by atoms with E-state index >= 15 is 0 Å². The lowest BCUT2D eigenvalue weighted by Gasteiger charge is -2.39. The molecular formula is C37H47N3O5. The number of carbonyl (C=O) groups is 2. The number of rotatable bonds is 10. The molecule has 3 atom stereocenters. The number of piperidine rings is 1. The third kappa shape index (κ3) is 8.42. The van der Waals surface area contributed by atoms with Crippen LogP contribution in [0.4, 0.5) is 4.79 Å². The van der Waals surface area contributed by atoms with Crippen molar-refractivity contribution in [2.24, 2.45) is 18.9 Å². The fourth-order valence-electron chi connectivity index (χ4n) is 6.33. The van der Waals surface area contributed by atoms with Crippen molar-refractivity contribution >= 4 is 12.0 Å². The summed E-state index contributed by atoms with van der Waals surface area (Å²) in [6.45, 7) is 6.89. The van der Waals surface area contributed by atoms with Crippen molar-refractivity contribution in [2.75, 3.05) is 26.8 Å². The molecule has 0 bridgehead atoms. The Morgan fingerprint density at radius 3 is 2.42 bits per heavy atom. The Bertz CT molecular complexity index is 1540. The molecule has 1 aromatic heterocycles. The normalized spacial score (nSPS) is 19.2. The second-order valence-corrected chi connectivity index (χ2v) is 13.6. The molecule has 1 saturated heterocycles. The highest BCUT2D eigenvalue weighted by Crippen LogP contribution is 2.43. The number of hydrogen-bond donors (Lipinski definition) is 1. The number of pyridine rings is 1. The standard InChI is InChI=1S/C37H47N3O5/c1-37(2,3)45-36(43)40-18-16-31(28-15-17-39(4)33(41)23-28)32(24-40)35(42)38-34(27-13-14-27)30-21-25(10-9-19-44-5)20-29(22-30)26-11-7-6-8-12-26/h6-8,11-12,15,17,20-23,27,31-32,34H,9-10,13-14,16,18-19,24H2,1-5H3,(H,38,42). The van der Waals surface area contributed by atoms with Crippen molar-refractivity contribution in [3.63, 3.8) is 0 Å². The first-order valence-electron chi connectivity index (χ1n) is 16.2. The molecule has 1 N–H and O–H groups in total. The summed E-state index contributed by atoms with van der Waals surface area (Å²) in [6.07, 6.45) is 5.78. The third-order valence-corrected chi connectivity index (χ3v) is 8.84. The van der Waals surface area contributed by atoms with E-state index in [1.807, 2.05) is 45.0 Å². The zero-order valence-electron chi connectivity index (χ0n) is 27.3. The van der Waals surface area contributed by atoms with E-state index in [2.05, 4.69) is 35.6 Å². The number of nitrogens with one attached hydrogen (secondary N) is 1. The van der Waals surface area contributed by atoms with Crippen LogP contribution in [0.2, 0.25) is 0 Å². The van der Waals surface area contributed by atoms with Crippen LogP contribution >= 0.6 is 0 Å². The van der Waals surface area contributed by atoms with Crippen LogP contribution in [0.25, 0.3) is 11.1 Å². The van der Waals surface area contributed by atoms with Gasteiger partial charge in [-0.05, 0) is 105 Å². The number of nitrogens with zero attached hydrogens (tertiary/aromatic N) is 2. The molecule has 2 heterocycles. The van der Waals surface area contributed by atoms with E-state index in [1.54, 1.807) is 31.3 Å². The van der Waals surface area contributed by atoms with Gasteiger partial charge in [-0.15, -0.1) is 0 Å². The number of aryl methyl sites for hydroxylation is 2. The highest BCUT2D eigenvalue weighted by molar-refractivity contribution is 5.82. The fraction of sp³-hybridized carbons (Fsp3) is 0.486. The minimum atomic E-state index is -0.640. The van der Waals surface area contributed by atoms with Gasteiger partial charge in [0.2, 0.25) is 5.91 Å². The summed E-state index contributed by atoms with van der Waals surface area (Å²) >= 11 is 0. The first-order valence-corrected chi connectivity index (χ1v) is 16.2. The molecule has 3 unspecified atom stereocenters. The Morgan fingerprint density at radius 2 is 1.76 bits per heavy atom. The lowest BCUT2D eigenvalue weighted by molar-refractivity contribution is -0.128. The summed E-state index contributed by atoms with van der Waals surface area (Å²) in [6, 6.07) is 20.4. The van der Waals surface area contributed by atoms with E-state index in [9.17, 15) is 14.4 Å². The number of amides is 2. The maximum Gasteiger partial charge on any atom is 0.410 e. The fourth-order valence-corrected chi connectivity index (χ4v) is 6.33. The van der Waals surface area contributed by atoms with Gasteiger partial charge in [-0.2, -0.15) is 0 Å². The molecule has 1 aliphatic carbocycles. The van der Waals surface area contributed by atoms with Gasteiger partial charge in [0.05, 0.1) is 12.0 Å². The molecule has 2 aliphatic rings. The minimum Gasteiger partial charge on any atom is -0.444 e. The van der Waals surface area contributed by atoms with E-state index < -0.39 is 17.6 Å². The lowest BCUT2D eigenvalue weighted by atomic mass is 9.80. The van der Waals surface area contributed by atoms with Gasteiger partial charge in [0.25, 0.3) is 5.56 Å². The molecule has 45 heavy (non-hydrogen) atoms. The van der Waals surface area contributed by atoms with Gasteiger partial charge in [0.15, 0.2) is 0 Å². The SMILES string of the molecule is COCCCc1cc(-c2ccccc2)cc(C(NC(=O)C2CN(C(=O)OC(C)(C)C)CCC2c2ccn(C)c(=O)c2)C2CC2)c1. The molecule has 2 aromatic carbocycles. The second-order valence-electron chi connectivity index (χ2n) is 13.6. The molecule has 0 spiro atoms. The molecule has 3 aromatic rings. The van der Waals surface area contributed by atoms with E-state index in [1.165, 1.54) is 10.1 Å². The van der Waals surface area contributed by atoms with E-state index in [0.717, 1.165) is 47.9 Å². The second kappa shape index (κ2) is 14.0. The number of likely N-dealkylation sites (tertiary alicyclic amines) is 1. The first kappa shape index (κ1) is 32.5. The third-order valence-electron chi connectivity index (χ3n) is 8.84. The average molecular weight is 614 g/mol. The Morgan fingerprint density at radius 1 is 1.00 bits per heavy atom. The number of aromatic nitrogens is 1. The first-order chi connectivity index (χ1) is 21.5. The lowest BCUT2D eigenvalue weighted by Crippen LogP contribution is -2.50. The zero-order valence-corrected chi connectivity index (χ0v) is 27.3. The minimum absolute atomic E-state index is 0.100. The van der Waals surface area contributed by atoms with Gasteiger partial charge in [-0.3, -0.25) is 9.59 Å². The van der Waals surface area contributed by atoms with Gasteiger partial charge >= 0.3 is 6.09 Å². The molecule has 2 amide bonds. The van der Waals surface area contributed by atoms with Crippen molar-refractivity contribution in [2.45, 2.75) is 70.4 Å². The smallest absolute Gasteiger partial charge is 0.410 e. The molecular weight excluding hydrogens is 566 g/mol. The Labute approximate surface area is 266 Å². The van der Waals surface area contributed by atoms with Crippen molar-refractivity contribution in [1.29, 1.82) is 0 Å². The number of hydrogen-bond acceptors (Lipinski definition) is 5. The van der Waals surface area contributed by atoms with Crippen LogP contribution < -0.4 is 10.9 Å². The van der Waals surface area contributed by atoms with Crippen LogP contribution in [0.5, 0.6) is 0 Å².